The molecule has 0 aromatic carbocycles. The molecule has 1 nitrogen and oxygen atoms in total. The number of hydrogen-bond acceptors (Lipinski definition) is 1. The van der Waals surface area contributed by atoms with Gasteiger partial charge in [-0.25, -0.2) is 0 Å². The van der Waals surface area contributed by atoms with Gasteiger partial charge in [0.2, 0.25) is 0 Å². The van der Waals surface area contributed by atoms with Crippen LogP contribution in [-0.4, -0.2) is 24.5 Å². The quantitative estimate of drug-likeness (QED) is 0.535. The Kier molecular flexibility index (Phi) is 1.69. The SMILES string of the molecule is CCN1C[C@@H]2CC[C@@H](C2)C1. The van der Waals surface area contributed by atoms with Crippen molar-refractivity contribution in [2.75, 3.05) is 19.6 Å². The van der Waals surface area contributed by atoms with Crippen LogP contribution in [0.1, 0.15) is 26.2 Å². The average Bonchev–Trinajstić information content (AvgIpc) is 2.30. The predicted octanol–water partition coefficient (Wildman–Crippen LogP) is 1.74. The van der Waals surface area contributed by atoms with Gasteiger partial charge < -0.3 is 4.90 Å². The smallest absolute Gasteiger partial charge is 0.000977 e. The van der Waals surface area contributed by atoms with E-state index in [1.54, 1.807) is 0 Å². The molecule has 0 radical (unpaired) electrons. The Bertz CT molecular complexity index is 110. The molecule has 1 heterocycles. The summed E-state index contributed by atoms with van der Waals surface area (Å²) >= 11 is 0. The van der Waals surface area contributed by atoms with Crippen LogP contribution in [0, 0.1) is 11.8 Å². The zero-order valence-corrected chi connectivity index (χ0v) is 6.84. The molecule has 1 aliphatic carbocycles. The zero-order chi connectivity index (χ0) is 6.97. The van der Waals surface area contributed by atoms with Crippen molar-refractivity contribution in [3.05, 3.63) is 0 Å². The number of rotatable bonds is 1. The topological polar surface area (TPSA) is 3.24 Å². The lowest BCUT2D eigenvalue weighted by Gasteiger charge is -2.30. The van der Waals surface area contributed by atoms with E-state index in [1.165, 1.54) is 38.9 Å². The van der Waals surface area contributed by atoms with Crippen molar-refractivity contribution in [3.8, 4) is 0 Å². The van der Waals surface area contributed by atoms with Crippen LogP contribution in [0.3, 0.4) is 0 Å². The molecule has 2 aliphatic rings. The normalized spacial score (nSPS) is 40.5. The fourth-order valence-electron chi connectivity index (χ4n) is 2.57. The largest absolute Gasteiger partial charge is 0.303 e. The summed E-state index contributed by atoms with van der Waals surface area (Å²) in [5.41, 5.74) is 0. The van der Waals surface area contributed by atoms with Crippen LogP contribution in [0.25, 0.3) is 0 Å². The highest BCUT2D eigenvalue weighted by molar-refractivity contribution is 4.84. The lowest BCUT2D eigenvalue weighted by molar-refractivity contribution is 0.176. The minimum atomic E-state index is 1.07. The van der Waals surface area contributed by atoms with Crippen molar-refractivity contribution in [1.29, 1.82) is 0 Å². The first kappa shape index (κ1) is 6.66. The van der Waals surface area contributed by atoms with Gasteiger partial charge in [-0.05, 0) is 37.6 Å². The second kappa shape index (κ2) is 2.54. The molecule has 2 atom stereocenters. The van der Waals surface area contributed by atoms with Gasteiger partial charge in [0.05, 0.1) is 0 Å². The van der Waals surface area contributed by atoms with Crippen LogP contribution in [-0.2, 0) is 0 Å². The van der Waals surface area contributed by atoms with Gasteiger partial charge in [0.15, 0.2) is 0 Å². The van der Waals surface area contributed by atoms with Gasteiger partial charge in [0, 0.05) is 13.1 Å². The first-order valence-corrected chi connectivity index (χ1v) is 4.61. The van der Waals surface area contributed by atoms with Crippen molar-refractivity contribution in [3.63, 3.8) is 0 Å². The summed E-state index contributed by atoms with van der Waals surface area (Å²) < 4.78 is 0. The summed E-state index contributed by atoms with van der Waals surface area (Å²) in [4.78, 5) is 2.62. The standard InChI is InChI=1S/C9H17N/c1-2-10-6-8-3-4-9(5-8)7-10/h8-9H,2-7H2,1H3/t8-,9+. The number of fused-ring (bicyclic) bond motifs is 2. The molecular weight excluding hydrogens is 122 g/mol. The maximum absolute atomic E-state index is 2.62. The third kappa shape index (κ3) is 1.07. The first-order chi connectivity index (χ1) is 4.88. The van der Waals surface area contributed by atoms with Crippen LogP contribution < -0.4 is 0 Å². The maximum Gasteiger partial charge on any atom is 0.000977 e. The van der Waals surface area contributed by atoms with Gasteiger partial charge in [-0.1, -0.05) is 6.92 Å². The summed E-state index contributed by atoms with van der Waals surface area (Å²) in [6, 6.07) is 0. The lowest BCUT2D eigenvalue weighted by Crippen LogP contribution is -2.35. The van der Waals surface area contributed by atoms with E-state index in [2.05, 4.69) is 11.8 Å². The van der Waals surface area contributed by atoms with E-state index >= 15 is 0 Å². The molecular formula is C9H17N. The molecule has 1 aliphatic heterocycles. The lowest BCUT2D eigenvalue weighted by atomic mass is 9.99. The number of hydrogen-bond donors (Lipinski definition) is 0. The van der Waals surface area contributed by atoms with Gasteiger partial charge in [-0.2, -0.15) is 0 Å². The minimum absolute atomic E-state index is 1.07. The molecule has 0 unspecified atom stereocenters. The molecule has 0 aromatic heterocycles. The highest BCUT2D eigenvalue weighted by Gasteiger charge is 2.31. The summed E-state index contributed by atoms with van der Waals surface area (Å²) in [7, 11) is 0. The van der Waals surface area contributed by atoms with E-state index in [4.69, 9.17) is 0 Å². The number of piperidine rings is 1. The molecule has 10 heavy (non-hydrogen) atoms. The summed E-state index contributed by atoms with van der Waals surface area (Å²) in [5.74, 6) is 2.14. The highest BCUT2D eigenvalue weighted by Crippen LogP contribution is 2.35. The van der Waals surface area contributed by atoms with Crippen LogP contribution in [0.5, 0.6) is 0 Å². The Morgan fingerprint density at radius 3 is 2.30 bits per heavy atom. The molecule has 1 heteroatoms. The van der Waals surface area contributed by atoms with E-state index in [1.807, 2.05) is 0 Å². The van der Waals surface area contributed by atoms with E-state index < -0.39 is 0 Å². The average molecular weight is 139 g/mol. The molecule has 1 saturated heterocycles. The van der Waals surface area contributed by atoms with Crippen molar-refractivity contribution in [1.82, 2.24) is 4.90 Å². The summed E-state index contributed by atoms with van der Waals surface area (Å²) in [6.07, 6.45) is 4.57. The van der Waals surface area contributed by atoms with Gasteiger partial charge in [0.1, 0.15) is 0 Å². The Hall–Kier alpha value is -0.0400. The monoisotopic (exact) mass is 139 g/mol. The molecule has 0 aromatic rings. The van der Waals surface area contributed by atoms with E-state index in [0.717, 1.165) is 11.8 Å². The number of nitrogens with zero attached hydrogens (tertiary/aromatic N) is 1. The molecule has 0 N–H and O–H groups in total. The molecule has 2 bridgehead atoms. The van der Waals surface area contributed by atoms with Crippen molar-refractivity contribution in [2.24, 2.45) is 11.8 Å². The fourth-order valence-corrected chi connectivity index (χ4v) is 2.57. The Balaban J connectivity index is 1.96. The summed E-state index contributed by atoms with van der Waals surface area (Å²) in [5, 5.41) is 0. The maximum atomic E-state index is 2.62. The fraction of sp³-hybridized carbons (Fsp3) is 1.00. The van der Waals surface area contributed by atoms with Gasteiger partial charge in [-0.15, -0.1) is 0 Å². The Morgan fingerprint density at radius 2 is 1.80 bits per heavy atom. The summed E-state index contributed by atoms with van der Waals surface area (Å²) in [6.45, 7) is 6.35. The molecule has 2 fully saturated rings. The predicted molar refractivity (Wildman–Crippen MR) is 42.9 cm³/mol. The zero-order valence-electron chi connectivity index (χ0n) is 6.84. The first-order valence-electron chi connectivity index (χ1n) is 4.61. The highest BCUT2D eigenvalue weighted by atomic mass is 15.1. The van der Waals surface area contributed by atoms with Crippen LogP contribution in [0.2, 0.25) is 0 Å². The Labute approximate surface area is 63.4 Å². The van der Waals surface area contributed by atoms with Crippen LogP contribution in [0.4, 0.5) is 0 Å². The van der Waals surface area contributed by atoms with Gasteiger partial charge in [-0.3, -0.25) is 0 Å². The molecule has 0 amide bonds. The van der Waals surface area contributed by atoms with Crippen LogP contribution in [0.15, 0.2) is 0 Å². The minimum Gasteiger partial charge on any atom is -0.303 e. The third-order valence-corrected chi connectivity index (χ3v) is 3.13. The molecule has 0 spiro atoms. The van der Waals surface area contributed by atoms with E-state index in [-0.39, 0.29) is 0 Å². The van der Waals surface area contributed by atoms with E-state index in [0.29, 0.717) is 0 Å². The second-order valence-corrected chi connectivity index (χ2v) is 3.90. The van der Waals surface area contributed by atoms with Crippen molar-refractivity contribution in [2.45, 2.75) is 26.2 Å². The van der Waals surface area contributed by atoms with Gasteiger partial charge >= 0.3 is 0 Å². The third-order valence-electron chi connectivity index (χ3n) is 3.13. The Morgan fingerprint density at radius 1 is 1.20 bits per heavy atom. The van der Waals surface area contributed by atoms with Crippen molar-refractivity contribution < 1.29 is 0 Å². The van der Waals surface area contributed by atoms with Crippen LogP contribution >= 0.6 is 0 Å². The molecule has 58 valence electrons. The second-order valence-electron chi connectivity index (χ2n) is 3.90. The number of likely N-dealkylation sites (tertiary alicyclic amines) is 1. The molecule has 1 saturated carbocycles. The van der Waals surface area contributed by atoms with Crippen molar-refractivity contribution >= 4 is 0 Å². The van der Waals surface area contributed by atoms with Gasteiger partial charge in [0.25, 0.3) is 0 Å². The van der Waals surface area contributed by atoms with E-state index in [9.17, 15) is 0 Å². The molecule has 2 rings (SSSR count).